The number of Topliss-reactive ketones (excluding diaryl/α,β-unsaturated/α-hetero) is 1. The number of aryl methyl sites for hydroxylation is 3. The third kappa shape index (κ3) is 4.26. The molecule has 0 bridgehead atoms. The van der Waals surface area contributed by atoms with Gasteiger partial charge in [0.05, 0.1) is 5.56 Å². The topological polar surface area (TPSA) is 112 Å². The molecule has 0 aliphatic carbocycles. The van der Waals surface area contributed by atoms with Crippen molar-refractivity contribution in [1.82, 2.24) is 0 Å². The fourth-order valence-electron chi connectivity index (χ4n) is 2.62. The molecule has 0 spiro atoms. The largest absolute Gasteiger partial charge is 0.484 e. The van der Waals surface area contributed by atoms with Gasteiger partial charge < -0.3 is 14.9 Å². The van der Waals surface area contributed by atoms with Crippen LogP contribution in [0.25, 0.3) is 0 Å². The molecular formula is C18H20N2O5. The van der Waals surface area contributed by atoms with Crippen molar-refractivity contribution in [2.75, 3.05) is 11.9 Å². The summed E-state index contributed by atoms with van der Waals surface area (Å²) in [6, 6.07) is 5.60. The van der Waals surface area contributed by atoms with E-state index in [1.54, 1.807) is 12.1 Å². The standard InChI is InChI=1S/C18H20N2O5/c1-9-5-10(2)7-13(6-9)24-8-14(22)20-18-16(17(19)23)15(11(3)21)12(4)25-18/h5-7H,8H2,1-4H3,(H2,19,23)(H,20,22). The van der Waals surface area contributed by atoms with Gasteiger partial charge in [-0.05, 0) is 51.0 Å². The van der Waals surface area contributed by atoms with Gasteiger partial charge in [-0.25, -0.2) is 0 Å². The van der Waals surface area contributed by atoms with Crippen molar-refractivity contribution in [3.63, 3.8) is 0 Å². The maximum absolute atomic E-state index is 12.1. The fraction of sp³-hybridized carbons (Fsp3) is 0.278. The Morgan fingerprint density at radius 3 is 2.20 bits per heavy atom. The number of primary amides is 1. The van der Waals surface area contributed by atoms with Gasteiger partial charge in [0.1, 0.15) is 17.1 Å². The number of rotatable bonds is 6. The predicted octanol–water partition coefficient (Wildman–Crippen LogP) is 2.52. The molecule has 0 aliphatic heterocycles. The summed E-state index contributed by atoms with van der Waals surface area (Å²) < 4.78 is 10.8. The number of ether oxygens (including phenoxy) is 1. The molecule has 7 nitrogen and oxygen atoms in total. The van der Waals surface area contributed by atoms with Crippen LogP contribution >= 0.6 is 0 Å². The van der Waals surface area contributed by atoms with Crippen LogP contribution in [-0.2, 0) is 4.79 Å². The maximum atomic E-state index is 12.1. The maximum Gasteiger partial charge on any atom is 0.264 e. The molecule has 2 aromatic rings. The van der Waals surface area contributed by atoms with Crippen molar-refractivity contribution in [2.45, 2.75) is 27.7 Å². The van der Waals surface area contributed by atoms with Crippen LogP contribution in [-0.4, -0.2) is 24.2 Å². The molecule has 1 aromatic carbocycles. The Labute approximate surface area is 145 Å². The van der Waals surface area contributed by atoms with Crippen LogP contribution in [0.3, 0.4) is 0 Å². The Morgan fingerprint density at radius 1 is 1.08 bits per heavy atom. The Bertz CT molecular complexity index is 831. The SMILES string of the molecule is CC(=O)c1c(C)oc(NC(=O)COc2cc(C)cc(C)c2)c1C(N)=O. The molecule has 25 heavy (non-hydrogen) atoms. The van der Waals surface area contributed by atoms with Gasteiger partial charge in [-0.15, -0.1) is 0 Å². The molecule has 0 aliphatic rings. The molecule has 0 saturated carbocycles. The number of furan rings is 1. The molecule has 1 aromatic heterocycles. The van der Waals surface area contributed by atoms with E-state index >= 15 is 0 Å². The zero-order valence-corrected chi connectivity index (χ0v) is 14.6. The Balaban J connectivity index is 2.14. The van der Waals surface area contributed by atoms with E-state index in [1.807, 2.05) is 19.9 Å². The highest BCUT2D eigenvalue weighted by Gasteiger charge is 2.26. The molecule has 0 unspecified atom stereocenters. The van der Waals surface area contributed by atoms with Crippen molar-refractivity contribution in [3.8, 4) is 5.75 Å². The first-order chi connectivity index (χ1) is 11.7. The average Bonchev–Trinajstić information content (AvgIpc) is 2.80. The smallest absolute Gasteiger partial charge is 0.264 e. The van der Waals surface area contributed by atoms with Gasteiger partial charge in [0.2, 0.25) is 5.88 Å². The first-order valence-electron chi connectivity index (χ1n) is 7.64. The monoisotopic (exact) mass is 344 g/mol. The summed E-state index contributed by atoms with van der Waals surface area (Å²) >= 11 is 0. The predicted molar refractivity (Wildman–Crippen MR) is 92.0 cm³/mol. The van der Waals surface area contributed by atoms with Crippen molar-refractivity contribution < 1.29 is 23.5 Å². The zero-order valence-electron chi connectivity index (χ0n) is 14.6. The molecule has 0 fully saturated rings. The molecular weight excluding hydrogens is 324 g/mol. The summed E-state index contributed by atoms with van der Waals surface area (Å²) in [5.41, 5.74) is 7.27. The van der Waals surface area contributed by atoms with Crippen molar-refractivity contribution in [1.29, 1.82) is 0 Å². The van der Waals surface area contributed by atoms with Crippen molar-refractivity contribution in [3.05, 3.63) is 46.2 Å². The lowest BCUT2D eigenvalue weighted by Gasteiger charge is -2.08. The van der Waals surface area contributed by atoms with Gasteiger partial charge in [-0.1, -0.05) is 6.07 Å². The highest BCUT2D eigenvalue weighted by Crippen LogP contribution is 2.27. The third-order valence-corrected chi connectivity index (χ3v) is 3.50. The quantitative estimate of drug-likeness (QED) is 0.782. The zero-order chi connectivity index (χ0) is 18.7. The minimum Gasteiger partial charge on any atom is -0.484 e. The molecule has 132 valence electrons. The summed E-state index contributed by atoms with van der Waals surface area (Å²) in [5, 5.41) is 2.42. The number of ketones is 1. The highest BCUT2D eigenvalue weighted by molar-refractivity contribution is 6.12. The van der Waals surface area contributed by atoms with Gasteiger partial charge >= 0.3 is 0 Å². The summed E-state index contributed by atoms with van der Waals surface area (Å²) in [4.78, 5) is 35.4. The van der Waals surface area contributed by atoms with E-state index in [2.05, 4.69) is 5.32 Å². The van der Waals surface area contributed by atoms with E-state index in [4.69, 9.17) is 14.9 Å². The lowest BCUT2D eigenvalue weighted by molar-refractivity contribution is -0.118. The van der Waals surface area contributed by atoms with E-state index < -0.39 is 11.8 Å². The molecule has 0 radical (unpaired) electrons. The van der Waals surface area contributed by atoms with Crippen LogP contribution in [0, 0.1) is 20.8 Å². The van der Waals surface area contributed by atoms with E-state index in [0.717, 1.165) is 11.1 Å². The number of carbonyl (C=O) groups excluding carboxylic acids is 3. The van der Waals surface area contributed by atoms with Crippen LogP contribution in [0.1, 0.15) is 44.5 Å². The number of hydrogen-bond acceptors (Lipinski definition) is 5. The molecule has 0 atom stereocenters. The highest BCUT2D eigenvalue weighted by atomic mass is 16.5. The first kappa shape index (κ1) is 18.3. The molecule has 1 heterocycles. The first-order valence-corrected chi connectivity index (χ1v) is 7.64. The van der Waals surface area contributed by atoms with Gasteiger partial charge in [0, 0.05) is 0 Å². The molecule has 2 rings (SSSR count). The Morgan fingerprint density at radius 2 is 1.68 bits per heavy atom. The van der Waals surface area contributed by atoms with Crippen LogP contribution < -0.4 is 15.8 Å². The van der Waals surface area contributed by atoms with Gasteiger partial charge in [-0.3, -0.25) is 19.7 Å². The van der Waals surface area contributed by atoms with Crippen molar-refractivity contribution >= 4 is 23.5 Å². The van der Waals surface area contributed by atoms with Gasteiger partial charge in [-0.2, -0.15) is 0 Å². The van der Waals surface area contributed by atoms with Crippen LogP contribution in [0.5, 0.6) is 5.75 Å². The Kier molecular flexibility index (Phi) is 5.26. The van der Waals surface area contributed by atoms with Gasteiger partial charge in [0.25, 0.3) is 11.8 Å². The van der Waals surface area contributed by atoms with E-state index in [9.17, 15) is 14.4 Å². The minimum atomic E-state index is -0.854. The lowest BCUT2D eigenvalue weighted by atomic mass is 10.1. The van der Waals surface area contributed by atoms with Crippen LogP contribution in [0.2, 0.25) is 0 Å². The summed E-state index contributed by atoms with van der Waals surface area (Å²) in [5.74, 6) is -1.14. The number of hydrogen-bond donors (Lipinski definition) is 2. The molecule has 7 heteroatoms. The lowest BCUT2D eigenvalue weighted by Crippen LogP contribution is -2.23. The second-order valence-corrected chi connectivity index (χ2v) is 5.82. The number of carbonyl (C=O) groups is 3. The number of amides is 2. The number of nitrogens with two attached hydrogens (primary N) is 1. The third-order valence-electron chi connectivity index (χ3n) is 3.50. The second-order valence-electron chi connectivity index (χ2n) is 5.82. The van der Waals surface area contributed by atoms with E-state index in [-0.39, 0.29) is 35.2 Å². The fourth-order valence-corrected chi connectivity index (χ4v) is 2.62. The summed E-state index contributed by atoms with van der Waals surface area (Å²) in [7, 11) is 0. The summed E-state index contributed by atoms with van der Waals surface area (Å²) in [6.07, 6.45) is 0. The number of anilines is 1. The van der Waals surface area contributed by atoms with Crippen LogP contribution in [0.15, 0.2) is 22.6 Å². The molecule has 3 N–H and O–H groups in total. The van der Waals surface area contributed by atoms with Crippen molar-refractivity contribution in [2.24, 2.45) is 5.73 Å². The second kappa shape index (κ2) is 7.21. The average molecular weight is 344 g/mol. The Hall–Kier alpha value is -3.09. The molecule has 2 amide bonds. The van der Waals surface area contributed by atoms with E-state index in [0.29, 0.717) is 5.75 Å². The number of benzene rings is 1. The molecule has 0 saturated heterocycles. The van der Waals surface area contributed by atoms with E-state index in [1.165, 1.54) is 13.8 Å². The summed E-state index contributed by atoms with van der Waals surface area (Å²) in [6.45, 7) is 6.38. The number of nitrogens with one attached hydrogen (secondary N) is 1. The minimum absolute atomic E-state index is 0.0676. The normalized spacial score (nSPS) is 10.4. The van der Waals surface area contributed by atoms with Gasteiger partial charge in [0.15, 0.2) is 12.4 Å². The van der Waals surface area contributed by atoms with Crippen LogP contribution in [0.4, 0.5) is 5.88 Å².